The van der Waals surface area contributed by atoms with Crippen molar-refractivity contribution in [1.29, 1.82) is 0 Å². The van der Waals surface area contributed by atoms with E-state index in [-0.39, 0.29) is 0 Å². The molecule has 1 aromatic heterocycles. The van der Waals surface area contributed by atoms with Crippen LogP contribution in [-0.4, -0.2) is 15.0 Å². The third-order valence-corrected chi connectivity index (χ3v) is 9.82. The number of nitrogens with zero attached hydrogens (tertiary/aromatic N) is 3. The Labute approximate surface area is 316 Å². The summed E-state index contributed by atoms with van der Waals surface area (Å²) in [5.41, 5.74) is 14.5. The Morgan fingerprint density at radius 3 is 0.685 bits per heavy atom. The zero-order valence-corrected chi connectivity index (χ0v) is 29.5. The minimum atomic E-state index is 0.628. The van der Waals surface area contributed by atoms with Crippen molar-refractivity contribution in [3.05, 3.63) is 212 Å². The van der Waals surface area contributed by atoms with E-state index in [2.05, 4.69) is 206 Å². The smallest absolute Gasteiger partial charge is 0.164 e. The molecule has 0 bridgehead atoms. The summed E-state index contributed by atoms with van der Waals surface area (Å²) in [6.07, 6.45) is 0. The van der Waals surface area contributed by atoms with Gasteiger partial charge in [-0.15, -0.1) is 0 Å². The Morgan fingerprint density at radius 1 is 0.167 bits per heavy atom. The number of hydrogen-bond acceptors (Lipinski definition) is 3. The molecule has 3 heteroatoms. The quantitative estimate of drug-likeness (QED) is 0.159. The van der Waals surface area contributed by atoms with Crippen LogP contribution in [0.5, 0.6) is 0 Å². The average molecular weight is 690 g/mol. The van der Waals surface area contributed by atoms with Gasteiger partial charge in [0, 0.05) is 16.7 Å². The van der Waals surface area contributed by atoms with Gasteiger partial charge in [-0.3, -0.25) is 0 Å². The summed E-state index contributed by atoms with van der Waals surface area (Å²) < 4.78 is 0. The maximum absolute atomic E-state index is 5.08. The number of benzene rings is 8. The van der Waals surface area contributed by atoms with Crippen LogP contribution in [0.1, 0.15) is 0 Å². The molecule has 1 heterocycles. The average Bonchev–Trinajstić information content (AvgIpc) is 3.27. The van der Waals surface area contributed by atoms with Gasteiger partial charge in [0.05, 0.1) is 0 Å². The van der Waals surface area contributed by atoms with Gasteiger partial charge < -0.3 is 0 Å². The predicted octanol–water partition coefficient (Wildman–Crippen LogP) is 13.2. The molecule has 0 saturated heterocycles. The molecule has 8 aromatic carbocycles. The van der Waals surface area contributed by atoms with E-state index in [0.717, 1.165) is 33.4 Å². The molecule has 0 amide bonds. The highest BCUT2D eigenvalue weighted by Gasteiger charge is 2.15. The molecule has 0 atom stereocenters. The first-order valence-corrected chi connectivity index (χ1v) is 18.2. The molecule has 0 aliphatic carbocycles. The second-order valence-corrected chi connectivity index (χ2v) is 13.2. The monoisotopic (exact) mass is 689 g/mol. The maximum atomic E-state index is 5.08. The second-order valence-electron chi connectivity index (χ2n) is 13.2. The van der Waals surface area contributed by atoms with Crippen molar-refractivity contribution in [2.45, 2.75) is 0 Å². The van der Waals surface area contributed by atoms with Gasteiger partial charge in [-0.1, -0.05) is 212 Å². The molecular formula is C51H35N3. The highest BCUT2D eigenvalue weighted by Crippen LogP contribution is 2.35. The molecule has 0 aliphatic rings. The Hall–Kier alpha value is -7.23. The SMILES string of the molecule is c1ccc(-c2ccc(-c3nc(-c4ccc(-c5ccccc5-c5ccccc5)cc4)nc(-c4ccc(-c5ccccc5-c5ccccc5)cc4)n3)cc2)cc1. The van der Waals surface area contributed by atoms with Gasteiger partial charge in [0.15, 0.2) is 17.5 Å². The van der Waals surface area contributed by atoms with E-state index >= 15 is 0 Å². The number of aromatic nitrogens is 3. The van der Waals surface area contributed by atoms with E-state index in [1.54, 1.807) is 0 Å². The van der Waals surface area contributed by atoms with Crippen LogP contribution in [0.25, 0.3) is 89.8 Å². The summed E-state index contributed by atoms with van der Waals surface area (Å²) in [5, 5.41) is 0. The largest absolute Gasteiger partial charge is 0.208 e. The fourth-order valence-electron chi connectivity index (χ4n) is 7.01. The van der Waals surface area contributed by atoms with E-state index in [1.807, 2.05) is 6.07 Å². The van der Waals surface area contributed by atoms with Crippen LogP contribution < -0.4 is 0 Å². The third kappa shape index (κ3) is 6.74. The topological polar surface area (TPSA) is 38.7 Å². The lowest BCUT2D eigenvalue weighted by molar-refractivity contribution is 1.07. The van der Waals surface area contributed by atoms with Gasteiger partial charge in [0.1, 0.15) is 0 Å². The first-order valence-electron chi connectivity index (χ1n) is 18.2. The summed E-state index contributed by atoms with van der Waals surface area (Å²) in [5.74, 6) is 1.89. The molecule has 0 spiro atoms. The van der Waals surface area contributed by atoms with Crippen molar-refractivity contribution in [3.8, 4) is 89.8 Å². The molecular weight excluding hydrogens is 655 g/mol. The molecule has 9 aromatic rings. The predicted molar refractivity (Wildman–Crippen MR) is 223 cm³/mol. The second kappa shape index (κ2) is 14.8. The van der Waals surface area contributed by atoms with Gasteiger partial charge >= 0.3 is 0 Å². The molecule has 0 saturated carbocycles. The van der Waals surface area contributed by atoms with Gasteiger partial charge in [0.25, 0.3) is 0 Å². The summed E-state index contributed by atoms with van der Waals surface area (Å²) in [6, 6.07) is 74.1. The van der Waals surface area contributed by atoms with E-state index < -0.39 is 0 Å². The molecule has 54 heavy (non-hydrogen) atoms. The van der Waals surface area contributed by atoms with Crippen molar-refractivity contribution in [3.63, 3.8) is 0 Å². The summed E-state index contributed by atoms with van der Waals surface area (Å²) in [6.45, 7) is 0. The van der Waals surface area contributed by atoms with E-state index in [1.165, 1.54) is 38.9 Å². The molecule has 3 nitrogen and oxygen atoms in total. The lowest BCUT2D eigenvalue weighted by atomic mass is 9.94. The molecule has 0 unspecified atom stereocenters. The molecule has 9 rings (SSSR count). The molecule has 0 radical (unpaired) electrons. The fraction of sp³-hybridized carbons (Fsp3) is 0. The highest BCUT2D eigenvalue weighted by molar-refractivity contribution is 5.85. The third-order valence-electron chi connectivity index (χ3n) is 9.82. The first-order chi connectivity index (χ1) is 26.8. The molecule has 0 N–H and O–H groups in total. The summed E-state index contributed by atoms with van der Waals surface area (Å²) in [7, 11) is 0. The van der Waals surface area contributed by atoms with Crippen LogP contribution >= 0.6 is 0 Å². The molecule has 0 aliphatic heterocycles. The van der Waals surface area contributed by atoms with Crippen LogP contribution in [0.2, 0.25) is 0 Å². The number of hydrogen-bond donors (Lipinski definition) is 0. The summed E-state index contributed by atoms with van der Waals surface area (Å²) >= 11 is 0. The van der Waals surface area contributed by atoms with Gasteiger partial charge in [-0.2, -0.15) is 0 Å². The Morgan fingerprint density at radius 2 is 0.370 bits per heavy atom. The van der Waals surface area contributed by atoms with Crippen LogP contribution in [0.15, 0.2) is 212 Å². The first kappa shape index (κ1) is 32.7. The lowest BCUT2D eigenvalue weighted by Gasteiger charge is -2.12. The Kier molecular flexibility index (Phi) is 8.94. The number of rotatable bonds is 8. The maximum Gasteiger partial charge on any atom is 0.164 e. The van der Waals surface area contributed by atoms with Crippen molar-refractivity contribution < 1.29 is 0 Å². The van der Waals surface area contributed by atoms with Crippen LogP contribution in [0, 0.1) is 0 Å². The van der Waals surface area contributed by atoms with Gasteiger partial charge in [-0.25, -0.2) is 15.0 Å². The lowest BCUT2D eigenvalue weighted by Crippen LogP contribution is -2.00. The zero-order chi connectivity index (χ0) is 36.1. The minimum absolute atomic E-state index is 0.628. The van der Waals surface area contributed by atoms with Crippen molar-refractivity contribution in [2.75, 3.05) is 0 Å². The van der Waals surface area contributed by atoms with E-state index in [4.69, 9.17) is 15.0 Å². The zero-order valence-electron chi connectivity index (χ0n) is 29.5. The van der Waals surface area contributed by atoms with Crippen molar-refractivity contribution in [2.24, 2.45) is 0 Å². The normalized spacial score (nSPS) is 11.0. The standard InChI is InChI=1S/C51H35N3/c1-4-14-36(15-5-1)37-24-30-42(31-25-37)49-52-50(43-32-26-40(27-33-43)47-22-12-10-20-45(47)38-16-6-2-7-17-38)54-51(53-49)44-34-28-41(29-35-44)48-23-13-11-21-46(48)39-18-8-3-9-19-39/h1-35H. The molecule has 0 fully saturated rings. The fourth-order valence-corrected chi connectivity index (χ4v) is 7.01. The van der Waals surface area contributed by atoms with Crippen molar-refractivity contribution in [1.82, 2.24) is 15.0 Å². The van der Waals surface area contributed by atoms with Gasteiger partial charge in [0.2, 0.25) is 0 Å². The van der Waals surface area contributed by atoms with Crippen molar-refractivity contribution >= 4 is 0 Å². The minimum Gasteiger partial charge on any atom is -0.208 e. The Bertz CT molecular complexity index is 2510. The molecule has 254 valence electrons. The Balaban J connectivity index is 1.10. The van der Waals surface area contributed by atoms with Crippen LogP contribution in [-0.2, 0) is 0 Å². The van der Waals surface area contributed by atoms with Gasteiger partial charge in [-0.05, 0) is 55.6 Å². The highest BCUT2D eigenvalue weighted by atomic mass is 15.0. The van der Waals surface area contributed by atoms with E-state index in [9.17, 15) is 0 Å². The van der Waals surface area contributed by atoms with E-state index in [0.29, 0.717) is 17.5 Å². The summed E-state index contributed by atoms with van der Waals surface area (Å²) in [4.78, 5) is 15.2. The van der Waals surface area contributed by atoms with Crippen LogP contribution in [0.3, 0.4) is 0 Å². The van der Waals surface area contributed by atoms with Crippen LogP contribution in [0.4, 0.5) is 0 Å².